The van der Waals surface area contributed by atoms with E-state index in [2.05, 4.69) is 44.2 Å². The van der Waals surface area contributed by atoms with Gasteiger partial charge in [-0.3, -0.25) is 9.56 Å². The quantitative estimate of drug-likeness (QED) is 0.124. The molecule has 0 unspecified atom stereocenters. The normalized spacial score (nSPS) is 19.4. The fourth-order valence-corrected chi connectivity index (χ4v) is 8.29. The van der Waals surface area contributed by atoms with Crippen LogP contribution in [0.5, 0.6) is 0 Å². The van der Waals surface area contributed by atoms with Crippen LogP contribution >= 0.6 is 0 Å². The Labute approximate surface area is 363 Å². The number of hydrogen-bond acceptors (Lipinski definition) is 16. The highest BCUT2D eigenvalue weighted by Crippen LogP contribution is 2.35. The molecule has 2 aliphatic heterocycles. The maximum atomic E-state index is 12.8. The van der Waals surface area contributed by atoms with E-state index in [1.807, 2.05) is 69.8 Å². The first-order chi connectivity index (χ1) is 29.3. The van der Waals surface area contributed by atoms with Crippen molar-refractivity contribution in [1.82, 2.24) is 39.0 Å². The molecule has 6 heterocycles. The van der Waals surface area contributed by atoms with E-state index in [0.29, 0.717) is 74.7 Å². The molecule has 8 rings (SSSR count). The van der Waals surface area contributed by atoms with E-state index in [1.165, 1.54) is 12.5 Å². The SMILES string of the molecule is CNc1nc2ccccc2n1-c1nc(N2CCOC[C@H]2C)cc(C(C)(C)[S@@](C)(=N)=O)n1.CNc1nc2ccccc2n1-c1nc(N2CCOC[C@H]2C)cc(C(C)(C)[S@](C)(=N)=O)n1. The number of imidazole rings is 2. The molecule has 6 aromatic rings. The number of nitrogens with zero attached hydrogens (tertiary/aromatic N) is 10. The highest BCUT2D eigenvalue weighted by molar-refractivity contribution is 7.92. The van der Waals surface area contributed by atoms with Gasteiger partial charge in [0.05, 0.1) is 101 Å². The Kier molecular flexibility index (Phi) is 12.3. The molecule has 4 atom stereocenters. The number of ether oxygens (including phenoxy) is 2. The molecule has 0 bridgehead atoms. The standard InChI is InChI=1S/2C21H29N7O2S/c2*1-14-13-30-11-10-27(14)18-12-17(21(2,3)31(5,22)29)25-20(26-18)28-16-9-7-6-8-15(16)24-19(28)23-4/h2*6-9,12,14,22H,10-11,13H2,1-5H3,(H,23,24)/t14-,31+;14-,31-/m11/s1. The lowest BCUT2D eigenvalue weighted by Crippen LogP contribution is -2.44. The van der Waals surface area contributed by atoms with Crippen LogP contribution in [0.4, 0.5) is 23.5 Å². The summed E-state index contributed by atoms with van der Waals surface area (Å²) in [6, 6.07) is 19.6. The monoisotopic (exact) mass is 886 g/mol. The zero-order valence-electron chi connectivity index (χ0n) is 37.1. The smallest absolute Gasteiger partial charge is 0.239 e. The summed E-state index contributed by atoms with van der Waals surface area (Å²) in [7, 11) is -2.26. The third kappa shape index (κ3) is 8.39. The number of aromatic nitrogens is 8. The first kappa shape index (κ1) is 44.6. The zero-order chi connectivity index (χ0) is 44.8. The van der Waals surface area contributed by atoms with Gasteiger partial charge in [0.1, 0.15) is 11.6 Å². The lowest BCUT2D eigenvalue weighted by Gasteiger charge is -2.35. The molecule has 0 radical (unpaired) electrons. The summed E-state index contributed by atoms with van der Waals surface area (Å²) in [5.74, 6) is 3.54. The van der Waals surface area contributed by atoms with E-state index in [9.17, 15) is 8.42 Å². The molecule has 2 aliphatic rings. The minimum Gasteiger partial charge on any atom is -0.377 e. The zero-order valence-corrected chi connectivity index (χ0v) is 38.7. The van der Waals surface area contributed by atoms with Crippen LogP contribution in [0.2, 0.25) is 0 Å². The molecule has 4 aromatic heterocycles. The van der Waals surface area contributed by atoms with Crippen LogP contribution in [-0.4, -0.2) is 126 Å². The highest BCUT2D eigenvalue weighted by Gasteiger charge is 2.35. The summed E-state index contributed by atoms with van der Waals surface area (Å²) >= 11 is 0. The molecular weight excluding hydrogens is 829 g/mol. The molecule has 0 aliphatic carbocycles. The predicted molar refractivity (Wildman–Crippen MR) is 247 cm³/mol. The number of anilines is 4. The topological polar surface area (TPSA) is 218 Å². The molecule has 2 fully saturated rings. The Hall–Kier alpha value is -5.44. The van der Waals surface area contributed by atoms with Crippen molar-refractivity contribution in [3.63, 3.8) is 0 Å². The van der Waals surface area contributed by atoms with Crippen molar-refractivity contribution < 1.29 is 17.9 Å². The molecule has 4 N–H and O–H groups in total. The summed E-state index contributed by atoms with van der Waals surface area (Å²) in [6.07, 6.45) is 2.91. The van der Waals surface area contributed by atoms with Gasteiger partial charge in [-0.1, -0.05) is 24.3 Å². The van der Waals surface area contributed by atoms with Gasteiger partial charge in [-0.05, 0) is 65.8 Å². The van der Waals surface area contributed by atoms with Crippen molar-refractivity contribution in [3.8, 4) is 11.9 Å². The molecular formula is C42H58N14O4S2. The Morgan fingerprint density at radius 1 is 0.629 bits per heavy atom. The number of nitrogens with one attached hydrogen (secondary N) is 4. The third-order valence-corrected chi connectivity index (χ3v) is 16.2. The predicted octanol–water partition coefficient (Wildman–Crippen LogP) is 5.99. The lowest BCUT2D eigenvalue weighted by molar-refractivity contribution is 0.0984. The van der Waals surface area contributed by atoms with Gasteiger partial charge in [0.15, 0.2) is 0 Å². The fraction of sp³-hybridized carbons (Fsp3) is 0.476. The second-order valence-corrected chi connectivity index (χ2v) is 22.2. The van der Waals surface area contributed by atoms with Crippen molar-refractivity contribution in [3.05, 3.63) is 72.1 Å². The van der Waals surface area contributed by atoms with E-state index in [4.69, 9.17) is 39.0 Å². The molecule has 0 saturated carbocycles. The summed E-state index contributed by atoms with van der Waals surface area (Å²) in [4.78, 5) is 33.0. The third-order valence-electron chi connectivity index (χ3n) is 11.9. The molecule has 20 heteroatoms. The van der Waals surface area contributed by atoms with Crippen molar-refractivity contribution in [1.29, 1.82) is 9.56 Å². The number of hydrogen-bond donors (Lipinski definition) is 4. The maximum absolute atomic E-state index is 12.8. The van der Waals surface area contributed by atoms with Crippen LogP contribution < -0.4 is 20.4 Å². The van der Waals surface area contributed by atoms with Gasteiger partial charge in [-0.25, -0.2) is 37.5 Å². The Morgan fingerprint density at radius 2 is 1.00 bits per heavy atom. The second kappa shape index (κ2) is 17.0. The van der Waals surface area contributed by atoms with E-state index in [0.717, 1.165) is 33.7 Å². The van der Waals surface area contributed by atoms with Gasteiger partial charge in [-0.15, -0.1) is 0 Å². The van der Waals surface area contributed by atoms with Crippen molar-refractivity contribution in [2.75, 3.05) is 86.6 Å². The number of rotatable bonds is 10. The number of benzene rings is 2. The summed E-state index contributed by atoms with van der Waals surface area (Å²) < 4.78 is 55.2. The van der Waals surface area contributed by atoms with Crippen LogP contribution in [0, 0.1) is 9.56 Å². The first-order valence-corrected chi connectivity index (χ1v) is 24.5. The van der Waals surface area contributed by atoms with Gasteiger partial charge >= 0.3 is 0 Å². The van der Waals surface area contributed by atoms with Gasteiger partial charge in [0, 0.05) is 51.8 Å². The first-order valence-electron chi connectivity index (χ1n) is 20.5. The molecule has 18 nitrogen and oxygen atoms in total. The maximum Gasteiger partial charge on any atom is 0.239 e. The van der Waals surface area contributed by atoms with Gasteiger partial charge in [-0.2, -0.15) is 9.97 Å². The average molecular weight is 887 g/mol. The second-order valence-electron chi connectivity index (χ2n) is 16.8. The fourth-order valence-electron chi connectivity index (χ4n) is 7.28. The van der Waals surface area contributed by atoms with Crippen LogP contribution in [0.25, 0.3) is 34.0 Å². The Morgan fingerprint density at radius 3 is 1.34 bits per heavy atom. The summed E-state index contributed by atoms with van der Waals surface area (Å²) in [6.45, 7) is 15.2. The molecule has 2 saturated heterocycles. The van der Waals surface area contributed by atoms with Crippen LogP contribution in [-0.2, 0) is 38.4 Å². The molecule has 2 aromatic carbocycles. The number of fused-ring (bicyclic) bond motifs is 2. The van der Waals surface area contributed by atoms with Gasteiger partial charge < -0.3 is 29.9 Å². The molecule has 0 spiro atoms. The van der Waals surface area contributed by atoms with E-state index in [-0.39, 0.29) is 12.1 Å². The largest absolute Gasteiger partial charge is 0.377 e. The Balaban J connectivity index is 0.000000186. The van der Waals surface area contributed by atoms with Gasteiger partial charge in [0.2, 0.25) is 23.8 Å². The molecule has 332 valence electrons. The van der Waals surface area contributed by atoms with Crippen molar-refractivity contribution in [2.24, 2.45) is 0 Å². The average Bonchev–Trinajstić information content (AvgIpc) is 3.82. The van der Waals surface area contributed by atoms with Crippen LogP contribution in [0.1, 0.15) is 52.9 Å². The lowest BCUT2D eigenvalue weighted by atomic mass is 10.1. The van der Waals surface area contributed by atoms with E-state index >= 15 is 0 Å². The summed E-state index contributed by atoms with van der Waals surface area (Å²) in [5, 5.41) is 6.25. The molecule has 62 heavy (non-hydrogen) atoms. The minimum absolute atomic E-state index is 0.137. The Bertz CT molecular complexity index is 2630. The van der Waals surface area contributed by atoms with Crippen molar-refractivity contribution in [2.45, 2.75) is 63.1 Å². The van der Waals surface area contributed by atoms with Crippen LogP contribution in [0.15, 0.2) is 60.7 Å². The molecule has 0 amide bonds. The van der Waals surface area contributed by atoms with Gasteiger partial charge in [0.25, 0.3) is 0 Å². The van der Waals surface area contributed by atoms with E-state index < -0.39 is 29.0 Å². The highest BCUT2D eigenvalue weighted by atomic mass is 32.2. The minimum atomic E-state index is -2.93. The number of morpholine rings is 2. The number of para-hydroxylation sites is 4. The van der Waals surface area contributed by atoms with Crippen molar-refractivity contribution >= 4 is 65.1 Å². The summed E-state index contributed by atoms with van der Waals surface area (Å²) in [5.41, 5.74) is 4.50. The van der Waals surface area contributed by atoms with Crippen LogP contribution in [0.3, 0.4) is 0 Å². The van der Waals surface area contributed by atoms with E-state index in [1.54, 1.807) is 41.8 Å².